The molecular formula is C21H30N2O4S3. The third-order valence-corrected chi connectivity index (χ3v) is 7.14. The van der Waals surface area contributed by atoms with Crippen LogP contribution in [0.2, 0.25) is 0 Å². The Bertz CT molecular complexity index is 749. The third kappa shape index (κ3) is 7.30. The van der Waals surface area contributed by atoms with Crippen LogP contribution in [0.25, 0.3) is 0 Å². The van der Waals surface area contributed by atoms with Crippen LogP contribution in [-0.2, 0) is 9.53 Å². The van der Waals surface area contributed by atoms with Crippen LogP contribution in [0.15, 0.2) is 29.2 Å². The highest BCUT2D eigenvalue weighted by Gasteiger charge is 2.33. The Labute approximate surface area is 192 Å². The summed E-state index contributed by atoms with van der Waals surface area (Å²) in [5.74, 6) is 0.737. The molecule has 2 rings (SSSR count). The van der Waals surface area contributed by atoms with Crippen molar-refractivity contribution < 1.29 is 19.1 Å². The van der Waals surface area contributed by atoms with Crippen LogP contribution < -0.4 is 0 Å². The number of amides is 1. The van der Waals surface area contributed by atoms with E-state index in [1.807, 2.05) is 31.2 Å². The van der Waals surface area contributed by atoms with Crippen molar-refractivity contribution in [3.05, 3.63) is 29.8 Å². The zero-order chi connectivity index (χ0) is 22.3. The normalized spacial score (nSPS) is 16.2. The van der Waals surface area contributed by atoms with E-state index >= 15 is 0 Å². The van der Waals surface area contributed by atoms with E-state index in [1.165, 1.54) is 0 Å². The molecule has 1 amide bonds. The second kappa shape index (κ2) is 11.6. The fourth-order valence-corrected chi connectivity index (χ4v) is 5.50. The third-order valence-electron chi connectivity index (χ3n) is 5.01. The van der Waals surface area contributed by atoms with Gasteiger partial charge in [0.2, 0.25) is 10.4 Å². The van der Waals surface area contributed by atoms with Crippen molar-refractivity contribution in [3.63, 3.8) is 0 Å². The summed E-state index contributed by atoms with van der Waals surface area (Å²) in [5.41, 5.74) is 0.709. The van der Waals surface area contributed by atoms with Crippen LogP contribution in [-0.4, -0.2) is 82.4 Å². The zero-order valence-electron chi connectivity index (χ0n) is 17.9. The molecule has 30 heavy (non-hydrogen) atoms. The molecule has 0 aliphatic carbocycles. The SMILES string of the molecule is CC(C(=O)c1ccc(SCCN(C)C(=O)C(C)(C)SC(=O)S)cc1)N1CCOCC1. The van der Waals surface area contributed by atoms with E-state index in [-0.39, 0.29) is 22.2 Å². The maximum atomic E-state index is 12.7. The molecule has 1 aromatic carbocycles. The maximum absolute atomic E-state index is 12.7. The Balaban J connectivity index is 1.83. The van der Waals surface area contributed by atoms with Crippen LogP contribution in [0, 0.1) is 0 Å². The quantitative estimate of drug-likeness (QED) is 0.335. The Morgan fingerprint density at radius 3 is 2.37 bits per heavy atom. The van der Waals surface area contributed by atoms with Gasteiger partial charge in [0.15, 0.2) is 5.78 Å². The standard InChI is InChI=1S/C21H30N2O4S3/c1-15(23-9-12-27-13-10-23)18(24)16-5-7-17(8-6-16)29-14-11-22(4)19(25)21(2,3)30-20(26)28/h5-8,15H,9-14H2,1-4H3,(H,26,28). The van der Waals surface area contributed by atoms with E-state index in [0.29, 0.717) is 25.3 Å². The van der Waals surface area contributed by atoms with Crippen molar-refractivity contribution in [2.75, 3.05) is 45.6 Å². The monoisotopic (exact) mass is 470 g/mol. The van der Waals surface area contributed by atoms with Crippen molar-refractivity contribution >= 4 is 52.3 Å². The minimum atomic E-state index is -0.836. The molecule has 0 radical (unpaired) electrons. The minimum absolute atomic E-state index is 0.103. The second-order valence-corrected chi connectivity index (χ2v) is 11.1. The number of thioether (sulfide) groups is 2. The van der Waals surface area contributed by atoms with E-state index in [0.717, 1.165) is 35.5 Å². The summed E-state index contributed by atoms with van der Waals surface area (Å²) in [4.78, 5) is 41.3. The van der Waals surface area contributed by atoms with Gasteiger partial charge in [-0.25, -0.2) is 0 Å². The molecule has 166 valence electrons. The molecule has 1 aliphatic rings. The zero-order valence-corrected chi connectivity index (χ0v) is 20.4. The minimum Gasteiger partial charge on any atom is -0.379 e. The number of ether oxygens (including phenoxy) is 1. The number of thiol groups is 1. The highest BCUT2D eigenvalue weighted by molar-refractivity contribution is 8.33. The van der Waals surface area contributed by atoms with Gasteiger partial charge in [-0.3, -0.25) is 19.3 Å². The molecule has 9 heteroatoms. The number of benzene rings is 1. The predicted octanol–water partition coefficient (Wildman–Crippen LogP) is 3.70. The highest BCUT2D eigenvalue weighted by atomic mass is 32.2. The highest BCUT2D eigenvalue weighted by Crippen LogP contribution is 2.29. The molecule has 0 bridgehead atoms. The molecule has 1 atom stereocenters. The molecular weight excluding hydrogens is 440 g/mol. The van der Waals surface area contributed by atoms with E-state index in [1.54, 1.807) is 37.6 Å². The lowest BCUT2D eigenvalue weighted by Gasteiger charge is -2.31. The van der Waals surface area contributed by atoms with Crippen molar-refractivity contribution in [2.45, 2.75) is 36.5 Å². The summed E-state index contributed by atoms with van der Waals surface area (Å²) in [6.07, 6.45) is 0. The molecule has 1 unspecified atom stereocenters. The van der Waals surface area contributed by atoms with Gasteiger partial charge in [-0.15, -0.1) is 11.8 Å². The number of carbonyl (C=O) groups excluding carboxylic acids is 3. The fourth-order valence-electron chi connectivity index (χ4n) is 3.21. The Morgan fingerprint density at radius 1 is 1.20 bits per heavy atom. The first-order valence-corrected chi connectivity index (χ1v) is 12.1. The van der Waals surface area contributed by atoms with E-state index in [4.69, 9.17) is 4.74 Å². The first-order valence-electron chi connectivity index (χ1n) is 9.88. The van der Waals surface area contributed by atoms with Gasteiger partial charge in [0.25, 0.3) is 0 Å². The largest absolute Gasteiger partial charge is 0.379 e. The summed E-state index contributed by atoms with van der Waals surface area (Å²) < 4.78 is 4.15. The van der Waals surface area contributed by atoms with Crippen molar-refractivity contribution in [3.8, 4) is 0 Å². The molecule has 0 saturated carbocycles. The van der Waals surface area contributed by atoms with Crippen LogP contribution in [0.3, 0.4) is 0 Å². The Hall–Kier alpha value is -1.00. The van der Waals surface area contributed by atoms with E-state index < -0.39 is 4.75 Å². The number of nitrogens with zero attached hydrogens (tertiary/aromatic N) is 2. The molecule has 1 aromatic rings. The molecule has 1 saturated heterocycles. The summed E-state index contributed by atoms with van der Waals surface area (Å²) in [5, 5.41) is 0. The van der Waals surface area contributed by atoms with E-state index in [2.05, 4.69) is 17.5 Å². The average molecular weight is 471 g/mol. The van der Waals surface area contributed by atoms with Gasteiger partial charge in [-0.05, 0) is 32.9 Å². The maximum Gasteiger partial charge on any atom is 0.244 e. The van der Waals surface area contributed by atoms with Crippen molar-refractivity contribution in [1.29, 1.82) is 0 Å². The van der Waals surface area contributed by atoms with Crippen LogP contribution in [0.5, 0.6) is 0 Å². The molecule has 1 aliphatic heterocycles. The number of morpholine rings is 1. The molecule has 0 aromatic heterocycles. The van der Waals surface area contributed by atoms with Gasteiger partial charge in [0, 0.05) is 42.9 Å². The lowest BCUT2D eigenvalue weighted by Crippen LogP contribution is -2.45. The predicted molar refractivity (Wildman–Crippen MR) is 127 cm³/mol. The average Bonchev–Trinajstić information content (AvgIpc) is 2.72. The number of hydrogen-bond donors (Lipinski definition) is 1. The number of rotatable bonds is 9. The second-order valence-electron chi connectivity index (χ2n) is 7.67. The number of Topliss-reactive ketones (excluding diaryl/α,β-unsaturated/α-hetero) is 1. The van der Waals surface area contributed by atoms with Crippen molar-refractivity contribution in [1.82, 2.24) is 9.80 Å². The molecule has 0 spiro atoms. The van der Waals surface area contributed by atoms with Gasteiger partial charge >= 0.3 is 0 Å². The topological polar surface area (TPSA) is 66.9 Å². The Morgan fingerprint density at radius 2 is 1.80 bits per heavy atom. The van der Waals surface area contributed by atoms with Gasteiger partial charge < -0.3 is 9.64 Å². The van der Waals surface area contributed by atoms with Crippen LogP contribution in [0.1, 0.15) is 31.1 Å². The smallest absolute Gasteiger partial charge is 0.244 e. The molecule has 6 nitrogen and oxygen atoms in total. The summed E-state index contributed by atoms with van der Waals surface area (Å²) >= 11 is 6.31. The van der Waals surface area contributed by atoms with E-state index in [9.17, 15) is 14.4 Å². The lowest BCUT2D eigenvalue weighted by molar-refractivity contribution is -0.131. The first-order chi connectivity index (χ1) is 14.1. The van der Waals surface area contributed by atoms with Gasteiger partial charge in [-0.2, -0.15) is 0 Å². The van der Waals surface area contributed by atoms with Crippen LogP contribution in [0.4, 0.5) is 4.79 Å². The molecule has 1 heterocycles. The molecule has 0 N–H and O–H groups in total. The lowest BCUT2D eigenvalue weighted by atomic mass is 10.0. The number of hydrogen-bond acceptors (Lipinski definition) is 7. The van der Waals surface area contributed by atoms with Crippen molar-refractivity contribution in [2.24, 2.45) is 0 Å². The van der Waals surface area contributed by atoms with Gasteiger partial charge in [0.05, 0.1) is 24.0 Å². The number of carbonyl (C=O) groups is 3. The summed E-state index contributed by atoms with van der Waals surface area (Å²) in [6, 6.07) is 7.48. The Kier molecular flexibility index (Phi) is 9.74. The van der Waals surface area contributed by atoms with Gasteiger partial charge in [0.1, 0.15) is 0 Å². The summed E-state index contributed by atoms with van der Waals surface area (Å²) in [6.45, 7) is 8.87. The fraction of sp³-hybridized carbons (Fsp3) is 0.571. The number of ketones is 1. The van der Waals surface area contributed by atoms with Gasteiger partial charge in [-0.1, -0.05) is 36.5 Å². The molecule has 1 fully saturated rings. The van der Waals surface area contributed by atoms with Crippen LogP contribution >= 0.6 is 36.2 Å². The first kappa shape index (κ1) is 25.3. The summed E-state index contributed by atoms with van der Waals surface area (Å²) in [7, 11) is 1.74.